The fraction of sp³-hybridized carbons (Fsp3) is 0.333. The van der Waals surface area contributed by atoms with E-state index in [0.29, 0.717) is 15.7 Å². The number of phenolic OH excluding ortho intramolecular Hbond substituents is 1. The minimum Gasteiger partial charge on any atom is -0.507 e. The molecule has 0 aromatic heterocycles. The highest BCUT2D eigenvalue weighted by molar-refractivity contribution is 14.1. The van der Waals surface area contributed by atoms with Crippen LogP contribution in [0.25, 0.3) is 0 Å². The SMILES string of the molecule is N#CC1CCCN1C(=O)c1ccc(I)c(O)c1. The summed E-state index contributed by atoms with van der Waals surface area (Å²) in [4.78, 5) is 13.7. The number of likely N-dealkylation sites (tertiary alicyclic amines) is 1. The van der Waals surface area contributed by atoms with Crippen LogP contribution in [0.5, 0.6) is 5.75 Å². The predicted molar refractivity (Wildman–Crippen MR) is 70.5 cm³/mol. The van der Waals surface area contributed by atoms with Gasteiger partial charge < -0.3 is 10.0 Å². The van der Waals surface area contributed by atoms with Crippen LogP contribution in [0, 0.1) is 14.9 Å². The Morgan fingerprint density at radius 3 is 3.00 bits per heavy atom. The van der Waals surface area contributed by atoms with Crippen molar-refractivity contribution in [3.63, 3.8) is 0 Å². The predicted octanol–water partition coefficient (Wildman–Crippen LogP) is 2.12. The summed E-state index contributed by atoms with van der Waals surface area (Å²) in [5, 5.41) is 18.5. The van der Waals surface area contributed by atoms with Crippen LogP contribution in [-0.2, 0) is 0 Å². The molecule has 1 fully saturated rings. The lowest BCUT2D eigenvalue weighted by Crippen LogP contribution is -2.34. The molecule has 1 saturated heterocycles. The van der Waals surface area contributed by atoms with Crippen LogP contribution < -0.4 is 0 Å². The summed E-state index contributed by atoms with van der Waals surface area (Å²) in [7, 11) is 0. The van der Waals surface area contributed by atoms with Crippen LogP contribution in [0.15, 0.2) is 18.2 Å². The van der Waals surface area contributed by atoms with Gasteiger partial charge in [0.05, 0.1) is 9.64 Å². The number of carbonyl (C=O) groups excluding carboxylic acids is 1. The number of carbonyl (C=O) groups is 1. The van der Waals surface area contributed by atoms with Gasteiger partial charge in [-0.2, -0.15) is 5.26 Å². The average molecular weight is 342 g/mol. The fourth-order valence-corrected chi connectivity index (χ4v) is 2.29. The Morgan fingerprint density at radius 1 is 1.59 bits per heavy atom. The van der Waals surface area contributed by atoms with E-state index in [2.05, 4.69) is 6.07 Å². The molecule has 4 nitrogen and oxygen atoms in total. The zero-order valence-electron chi connectivity index (χ0n) is 9.06. The molecule has 0 aliphatic carbocycles. The molecule has 1 aromatic carbocycles. The van der Waals surface area contributed by atoms with E-state index in [4.69, 9.17) is 5.26 Å². The van der Waals surface area contributed by atoms with E-state index in [-0.39, 0.29) is 17.7 Å². The van der Waals surface area contributed by atoms with Crippen molar-refractivity contribution in [1.29, 1.82) is 5.26 Å². The van der Waals surface area contributed by atoms with Gasteiger partial charge in [-0.1, -0.05) is 0 Å². The van der Waals surface area contributed by atoms with Gasteiger partial charge in [0.15, 0.2) is 0 Å². The van der Waals surface area contributed by atoms with Gasteiger partial charge in [-0.25, -0.2) is 0 Å². The maximum atomic E-state index is 12.1. The lowest BCUT2D eigenvalue weighted by molar-refractivity contribution is 0.0764. The Kier molecular flexibility index (Phi) is 3.52. The smallest absolute Gasteiger partial charge is 0.255 e. The Hall–Kier alpha value is -1.29. The molecule has 1 heterocycles. The van der Waals surface area contributed by atoms with Gasteiger partial charge in [-0.3, -0.25) is 4.79 Å². The molecule has 1 amide bonds. The second-order valence-electron chi connectivity index (χ2n) is 3.95. The maximum absolute atomic E-state index is 12.1. The van der Waals surface area contributed by atoms with Gasteiger partial charge in [-0.15, -0.1) is 0 Å². The van der Waals surface area contributed by atoms with Crippen LogP contribution >= 0.6 is 22.6 Å². The average Bonchev–Trinajstić information content (AvgIpc) is 2.80. The molecular weight excluding hydrogens is 331 g/mol. The Labute approximate surface area is 113 Å². The molecule has 1 aliphatic rings. The van der Waals surface area contributed by atoms with Crippen molar-refractivity contribution < 1.29 is 9.90 Å². The number of aromatic hydroxyl groups is 1. The van der Waals surface area contributed by atoms with Crippen molar-refractivity contribution in [2.24, 2.45) is 0 Å². The van der Waals surface area contributed by atoms with E-state index >= 15 is 0 Å². The number of benzene rings is 1. The molecule has 88 valence electrons. The summed E-state index contributed by atoms with van der Waals surface area (Å²) < 4.78 is 0.706. The highest BCUT2D eigenvalue weighted by Gasteiger charge is 2.29. The van der Waals surface area contributed by atoms with Crippen molar-refractivity contribution in [3.05, 3.63) is 27.3 Å². The molecule has 1 aliphatic heterocycles. The van der Waals surface area contributed by atoms with Crippen LogP contribution in [0.2, 0.25) is 0 Å². The van der Waals surface area contributed by atoms with E-state index in [0.717, 1.165) is 12.8 Å². The third-order valence-corrected chi connectivity index (χ3v) is 3.77. The second kappa shape index (κ2) is 4.92. The molecule has 1 unspecified atom stereocenters. The van der Waals surface area contributed by atoms with Crippen molar-refractivity contribution in [1.82, 2.24) is 4.90 Å². The first kappa shape index (κ1) is 12.2. The lowest BCUT2D eigenvalue weighted by atomic mass is 10.1. The number of amides is 1. The second-order valence-corrected chi connectivity index (χ2v) is 5.11. The summed E-state index contributed by atoms with van der Waals surface area (Å²) >= 11 is 2.00. The summed E-state index contributed by atoms with van der Waals surface area (Å²) in [5.41, 5.74) is 0.435. The van der Waals surface area contributed by atoms with Crippen molar-refractivity contribution in [2.75, 3.05) is 6.54 Å². The number of hydrogen-bond acceptors (Lipinski definition) is 3. The molecular formula is C12H11IN2O2. The molecule has 1 atom stereocenters. The van der Waals surface area contributed by atoms with Gasteiger partial charge in [0.2, 0.25) is 0 Å². The number of halogens is 1. The maximum Gasteiger partial charge on any atom is 0.255 e. The minimum absolute atomic E-state index is 0.101. The Morgan fingerprint density at radius 2 is 2.35 bits per heavy atom. The van der Waals surface area contributed by atoms with E-state index in [1.54, 1.807) is 17.0 Å². The van der Waals surface area contributed by atoms with Gasteiger partial charge in [0.1, 0.15) is 11.8 Å². The topological polar surface area (TPSA) is 64.3 Å². The van der Waals surface area contributed by atoms with Crippen molar-refractivity contribution >= 4 is 28.5 Å². The molecule has 1 aromatic rings. The number of nitriles is 1. The molecule has 2 rings (SSSR count). The standard InChI is InChI=1S/C12H11IN2O2/c13-10-4-3-8(6-11(10)16)12(17)15-5-1-2-9(15)7-14/h3-4,6,9,16H,1-2,5H2. The summed E-state index contributed by atoms with van der Waals surface area (Å²) in [6.07, 6.45) is 1.60. The zero-order valence-corrected chi connectivity index (χ0v) is 11.2. The first-order valence-electron chi connectivity index (χ1n) is 5.32. The normalized spacial score (nSPS) is 19.1. The van der Waals surface area contributed by atoms with Gasteiger partial charge in [0.25, 0.3) is 5.91 Å². The van der Waals surface area contributed by atoms with Crippen LogP contribution in [0.3, 0.4) is 0 Å². The van der Waals surface area contributed by atoms with Crippen LogP contribution in [0.1, 0.15) is 23.2 Å². The summed E-state index contributed by atoms with van der Waals surface area (Å²) in [5.74, 6) is -0.0788. The molecule has 0 spiro atoms. The Bertz CT molecular complexity index is 496. The highest BCUT2D eigenvalue weighted by Crippen LogP contribution is 2.24. The molecule has 0 bridgehead atoms. The van der Waals surface area contributed by atoms with Crippen molar-refractivity contribution in [3.8, 4) is 11.8 Å². The van der Waals surface area contributed by atoms with E-state index in [1.165, 1.54) is 6.07 Å². The van der Waals surface area contributed by atoms with Crippen molar-refractivity contribution in [2.45, 2.75) is 18.9 Å². The van der Waals surface area contributed by atoms with Gasteiger partial charge in [0, 0.05) is 12.1 Å². The van der Waals surface area contributed by atoms with Gasteiger partial charge in [-0.05, 0) is 53.6 Å². The van der Waals surface area contributed by atoms with Crippen LogP contribution in [0.4, 0.5) is 0 Å². The minimum atomic E-state index is -0.330. The molecule has 1 N–H and O–H groups in total. The monoisotopic (exact) mass is 342 g/mol. The first-order chi connectivity index (χ1) is 8.13. The largest absolute Gasteiger partial charge is 0.507 e. The molecule has 5 heteroatoms. The summed E-state index contributed by atoms with van der Waals surface area (Å²) in [6.45, 7) is 0.615. The quantitative estimate of drug-likeness (QED) is 0.796. The van der Waals surface area contributed by atoms with Gasteiger partial charge >= 0.3 is 0 Å². The molecule has 0 radical (unpaired) electrons. The zero-order chi connectivity index (χ0) is 12.4. The third-order valence-electron chi connectivity index (χ3n) is 2.86. The highest BCUT2D eigenvalue weighted by atomic mass is 127. The number of phenols is 1. The third kappa shape index (κ3) is 2.36. The Balaban J connectivity index is 2.25. The van der Waals surface area contributed by atoms with E-state index in [1.807, 2.05) is 22.6 Å². The van der Waals surface area contributed by atoms with Crippen LogP contribution in [-0.4, -0.2) is 28.5 Å². The molecule has 17 heavy (non-hydrogen) atoms. The van der Waals surface area contributed by atoms with E-state index in [9.17, 15) is 9.90 Å². The number of hydrogen-bond donors (Lipinski definition) is 1. The molecule has 0 saturated carbocycles. The first-order valence-corrected chi connectivity index (χ1v) is 6.40. The number of rotatable bonds is 1. The van der Waals surface area contributed by atoms with E-state index < -0.39 is 0 Å². The number of nitrogens with zero attached hydrogens (tertiary/aromatic N) is 2. The fourth-order valence-electron chi connectivity index (χ4n) is 1.96. The summed E-state index contributed by atoms with van der Waals surface area (Å²) in [6, 6.07) is 6.63. The lowest BCUT2D eigenvalue weighted by Gasteiger charge is -2.19.